The Morgan fingerprint density at radius 2 is 1.92 bits per heavy atom. The van der Waals surface area contributed by atoms with E-state index >= 15 is 0 Å². The van der Waals surface area contributed by atoms with Crippen molar-refractivity contribution >= 4 is 5.91 Å². The maximum atomic E-state index is 12.4. The van der Waals surface area contributed by atoms with E-state index in [1.165, 1.54) is 11.1 Å². The highest BCUT2D eigenvalue weighted by Gasteiger charge is 2.29. The van der Waals surface area contributed by atoms with Gasteiger partial charge in [0.1, 0.15) is 11.8 Å². The van der Waals surface area contributed by atoms with Gasteiger partial charge in [0, 0.05) is 12.6 Å². The molecule has 1 aliphatic heterocycles. The fourth-order valence-electron chi connectivity index (χ4n) is 3.10. The number of carbonyl (C=O) groups is 1. The minimum Gasteiger partial charge on any atom is -0.496 e. The minimum absolute atomic E-state index is 0.0250. The van der Waals surface area contributed by atoms with Crippen molar-refractivity contribution < 1.29 is 9.53 Å². The molecule has 2 atom stereocenters. The summed E-state index contributed by atoms with van der Waals surface area (Å²) < 4.78 is 5.34. The van der Waals surface area contributed by atoms with Gasteiger partial charge in [-0.2, -0.15) is 0 Å². The molecule has 2 aromatic carbocycles. The molecule has 1 saturated heterocycles. The van der Waals surface area contributed by atoms with E-state index in [1.807, 2.05) is 24.3 Å². The highest BCUT2D eigenvalue weighted by Crippen LogP contribution is 2.22. The molecule has 0 bridgehead atoms. The van der Waals surface area contributed by atoms with Gasteiger partial charge in [0.2, 0.25) is 5.91 Å². The van der Waals surface area contributed by atoms with E-state index in [0.717, 1.165) is 24.2 Å². The molecule has 0 aliphatic carbocycles. The van der Waals surface area contributed by atoms with Gasteiger partial charge >= 0.3 is 0 Å². The Morgan fingerprint density at radius 3 is 2.68 bits per heavy atom. The van der Waals surface area contributed by atoms with Crippen molar-refractivity contribution in [1.82, 2.24) is 16.2 Å². The lowest BCUT2D eigenvalue weighted by Gasteiger charge is -2.12. The van der Waals surface area contributed by atoms with Crippen molar-refractivity contribution in [3.05, 3.63) is 65.2 Å². The van der Waals surface area contributed by atoms with Crippen LogP contribution in [0.1, 0.15) is 29.2 Å². The molecule has 0 aromatic heterocycles. The van der Waals surface area contributed by atoms with Crippen LogP contribution in [0.15, 0.2) is 48.5 Å². The largest absolute Gasteiger partial charge is 0.496 e. The predicted octanol–water partition coefficient (Wildman–Crippen LogP) is 2.27. The summed E-state index contributed by atoms with van der Waals surface area (Å²) in [6, 6.07) is 16.2. The molecule has 2 aromatic rings. The van der Waals surface area contributed by atoms with Crippen LogP contribution < -0.4 is 20.9 Å². The molecule has 0 radical (unpaired) electrons. The van der Waals surface area contributed by atoms with E-state index in [4.69, 9.17) is 4.74 Å². The topological polar surface area (TPSA) is 62.4 Å². The molecule has 5 heteroatoms. The first kappa shape index (κ1) is 17.5. The lowest BCUT2D eigenvalue weighted by molar-refractivity contribution is -0.122. The van der Waals surface area contributed by atoms with Crippen molar-refractivity contribution in [3.8, 4) is 5.75 Å². The smallest absolute Gasteiger partial charge is 0.238 e. The molecule has 0 saturated carbocycles. The van der Waals surface area contributed by atoms with Crippen LogP contribution in [-0.2, 0) is 11.2 Å². The Bertz CT molecular complexity index is 715. The molecule has 25 heavy (non-hydrogen) atoms. The number of ether oxygens (including phenoxy) is 1. The maximum absolute atomic E-state index is 12.4. The van der Waals surface area contributed by atoms with E-state index in [-0.39, 0.29) is 18.0 Å². The van der Waals surface area contributed by atoms with Crippen molar-refractivity contribution in [3.63, 3.8) is 0 Å². The number of hydrazine groups is 1. The number of hydrogen-bond donors (Lipinski definition) is 3. The van der Waals surface area contributed by atoms with Gasteiger partial charge in [0.15, 0.2) is 0 Å². The van der Waals surface area contributed by atoms with Crippen molar-refractivity contribution in [2.45, 2.75) is 31.8 Å². The van der Waals surface area contributed by atoms with Crippen LogP contribution >= 0.6 is 0 Å². The third kappa shape index (κ3) is 4.38. The quantitative estimate of drug-likeness (QED) is 0.755. The summed E-state index contributed by atoms with van der Waals surface area (Å²) in [4.78, 5) is 12.4. The minimum atomic E-state index is -0.219. The molecule has 3 N–H and O–H groups in total. The van der Waals surface area contributed by atoms with Crippen LogP contribution in [0.4, 0.5) is 0 Å². The highest BCUT2D eigenvalue weighted by molar-refractivity contribution is 5.82. The first-order chi connectivity index (χ1) is 12.2. The second kappa shape index (κ2) is 8.14. The number of rotatable bonds is 6. The van der Waals surface area contributed by atoms with Crippen LogP contribution in [0, 0.1) is 6.92 Å². The van der Waals surface area contributed by atoms with Crippen LogP contribution in [0.5, 0.6) is 5.75 Å². The number of para-hydroxylation sites is 1. The summed E-state index contributed by atoms with van der Waals surface area (Å²) in [6.07, 6.45) is 1.49. The fraction of sp³-hybridized carbons (Fsp3) is 0.350. The zero-order valence-corrected chi connectivity index (χ0v) is 14.7. The highest BCUT2D eigenvalue weighted by atomic mass is 16.5. The van der Waals surface area contributed by atoms with Gasteiger partial charge in [0.25, 0.3) is 0 Å². The van der Waals surface area contributed by atoms with Crippen molar-refractivity contribution in [1.29, 1.82) is 0 Å². The van der Waals surface area contributed by atoms with Crippen LogP contribution in [-0.4, -0.2) is 25.6 Å². The summed E-state index contributed by atoms with van der Waals surface area (Å²) in [5.41, 5.74) is 9.85. The Kier molecular flexibility index (Phi) is 5.68. The summed E-state index contributed by atoms with van der Waals surface area (Å²) in [5.74, 6) is 0.883. The number of benzene rings is 2. The van der Waals surface area contributed by atoms with Crippen molar-refractivity contribution in [2.24, 2.45) is 0 Å². The normalized spacial score (nSPS) is 19.6. The first-order valence-corrected chi connectivity index (χ1v) is 8.64. The number of hydrogen-bond acceptors (Lipinski definition) is 4. The van der Waals surface area contributed by atoms with Gasteiger partial charge in [-0.25, -0.2) is 10.9 Å². The number of amides is 1. The number of nitrogens with one attached hydrogen (secondary N) is 3. The third-order valence-electron chi connectivity index (χ3n) is 4.59. The Morgan fingerprint density at radius 1 is 1.16 bits per heavy atom. The van der Waals surface area contributed by atoms with E-state index in [1.54, 1.807) is 7.11 Å². The van der Waals surface area contributed by atoms with Gasteiger partial charge in [-0.15, -0.1) is 0 Å². The van der Waals surface area contributed by atoms with Crippen LogP contribution in [0.25, 0.3) is 0 Å². The number of methoxy groups -OCH3 is 1. The molecule has 1 heterocycles. The molecule has 2 unspecified atom stereocenters. The number of carbonyl (C=O) groups excluding carboxylic acids is 1. The molecule has 0 spiro atoms. The van der Waals surface area contributed by atoms with Crippen LogP contribution in [0.3, 0.4) is 0 Å². The van der Waals surface area contributed by atoms with Crippen molar-refractivity contribution in [2.75, 3.05) is 13.7 Å². The molecule has 3 rings (SSSR count). The van der Waals surface area contributed by atoms with Crippen LogP contribution in [0.2, 0.25) is 0 Å². The molecule has 132 valence electrons. The second-order valence-corrected chi connectivity index (χ2v) is 6.39. The first-order valence-electron chi connectivity index (χ1n) is 8.64. The zero-order valence-electron chi connectivity index (χ0n) is 14.7. The summed E-state index contributed by atoms with van der Waals surface area (Å²) >= 11 is 0. The Hall–Kier alpha value is -2.37. The Balaban J connectivity index is 1.48. The van der Waals surface area contributed by atoms with E-state index < -0.39 is 0 Å². The van der Waals surface area contributed by atoms with E-state index in [2.05, 4.69) is 47.4 Å². The van der Waals surface area contributed by atoms with Gasteiger partial charge < -0.3 is 10.1 Å². The maximum Gasteiger partial charge on any atom is 0.238 e. The third-order valence-corrected chi connectivity index (χ3v) is 4.59. The van der Waals surface area contributed by atoms with E-state index in [9.17, 15) is 4.79 Å². The van der Waals surface area contributed by atoms with Gasteiger partial charge in [0.05, 0.1) is 7.11 Å². The predicted molar refractivity (Wildman–Crippen MR) is 98.3 cm³/mol. The average Bonchev–Trinajstić information content (AvgIpc) is 3.13. The van der Waals surface area contributed by atoms with Gasteiger partial charge in [-0.05, 0) is 37.0 Å². The van der Waals surface area contributed by atoms with E-state index in [0.29, 0.717) is 6.54 Å². The SMILES string of the molecule is COc1ccccc1CCNC(=O)C1CC(c2ccc(C)cc2)NN1. The van der Waals surface area contributed by atoms with Gasteiger partial charge in [-0.1, -0.05) is 48.0 Å². The molecule has 5 nitrogen and oxygen atoms in total. The second-order valence-electron chi connectivity index (χ2n) is 6.39. The molecule has 1 amide bonds. The average molecular weight is 339 g/mol. The molecular formula is C20H25N3O2. The molecule has 1 fully saturated rings. The van der Waals surface area contributed by atoms with Gasteiger partial charge in [-0.3, -0.25) is 4.79 Å². The summed E-state index contributed by atoms with van der Waals surface area (Å²) in [5, 5.41) is 3.01. The summed E-state index contributed by atoms with van der Waals surface area (Å²) in [6.45, 7) is 2.66. The fourth-order valence-corrected chi connectivity index (χ4v) is 3.10. The zero-order chi connectivity index (χ0) is 17.6. The molecular weight excluding hydrogens is 314 g/mol. The number of aryl methyl sites for hydroxylation is 1. The monoisotopic (exact) mass is 339 g/mol. The lowest BCUT2D eigenvalue weighted by Crippen LogP contribution is -2.43. The standard InChI is InChI=1S/C20H25N3O2/c1-14-7-9-15(10-8-14)17-13-18(23-22-17)20(24)21-12-11-16-5-3-4-6-19(16)25-2/h3-10,17-18,22-23H,11-13H2,1-2H3,(H,21,24). The summed E-state index contributed by atoms with van der Waals surface area (Å²) in [7, 11) is 1.66. The lowest BCUT2D eigenvalue weighted by atomic mass is 10.0. The molecule has 1 aliphatic rings. The Labute approximate surface area is 148 Å².